The molecule has 0 rings (SSSR count). The van der Waals surface area contributed by atoms with E-state index in [4.69, 9.17) is 35.7 Å². The van der Waals surface area contributed by atoms with E-state index in [-0.39, 0.29) is 0 Å². The Labute approximate surface area is 141 Å². The zero-order valence-corrected chi connectivity index (χ0v) is 15.6. The highest BCUT2D eigenvalue weighted by atomic mass is 16.4. The summed E-state index contributed by atoms with van der Waals surface area (Å²) in [5.41, 5.74) is 0. The summed E-state index contributed by atoms with van der Waals surface area (Å²) in [6.07, 6.45) is 4.91. The average molecular weight is 348 g/mol. The van der Waals surface area contributed by atoms with Gasteiger partial charge in [-0.1, -0.05) is 33.3 Å². The fourth-order valence-corrected chi connectivity index (χ4v) is 0.316. The van der Waals surface area contributed by atoms with Gasteiger partial charge in [-0.25, -0.2) is 4.79 Å². The number of hydrogen-bond donors (Lipinski definition) is 7. The highest BCUT2D eigenvalue weighted by Gasteiger charge is 1.73. The largest absolute Gasteiger partial charge is 0.478 e. The Bertz CT molecular complexity index is 123. The van der Waals surface area contributed by atoms with Crippen LogP contribution in [0.25, 0.3) is 0 Å². The van der Waals surface area contributed by atoms with E-state index >= 15 is 0 Å². The van der Waals surface area contributed by atoms with Crippen LogP contribution in [-0.2, 0) is 4.79 Å². The van der Waals surface area contributed by atoms with Crippen LogP contribution >= 0.6 is 0 Å². The van der Waals surface area contributed by atoms with Gasteiger partial charge in [-0.2, -0.15) is 0 Å². The van der Waals surface area contributed by atoms with Gasteiger partial charge in [-0.3, -0.25) is 0 Å². The molecule has 0 bridgehead atoms. The third-order valence-electron chi connectivity index (χ3n) is 1.20. The van der Waals surface area contributed by atoms with Crippen molar-refractivity contribution < 1.29 is 40.5 Å². The molecule has 8 heteroatoms. The van der Waals surface area contributed by atoms with Crippen molar-refractivity contribution in [1.82, 2.24) is 0 Å². The molecule has 0 heterocycles. The van der Waals surface area contributed by atoms with E-state index in [9.17, 15) is 4.79 Å². The van der Waals surface area contributed by atoms with Crippen molar-refractivity contribution in [1.29, 1.82) is 0 Å². The van der Waals surface area contributed by atoms with Gasteiger partial charge in [-0.05, 0) is 12.8 Å². The molecular weight excluding hydrogens is 308 g/mol. The highest BCUT2D eigenvalue weighted by molar-refractivity contribution is 5.78. The summed E-state index contributed by atoms with van der Waals surface area (Å²) in [7, 11) is 4.00. The lowest BCUT2D eigenvalue weighted by Crippen LogP contribution is -1.82. The summed E-state index contributed by atoms with van der Waals surface area (Å²) < 4.78 is 0. The van der Waals surface area contributed by atoms with E-state index in [1.165, 1.54) is 0 Å². The van der Waals surface area contributed by atoms with Gasteiger partial charge in [0, 0.05) is 47.7 Å². The molecule has 0 unspecified atom stereocenters. The number of carbonyl (C=O) groups is 1. The zero-order chi connectivity index (χ0) is 20.5. The van der Waals surface area contributed by atoms with Crippen molar-refractivity contribution in [3.8, 4) is 0 Å². The number of carboxylic acid groups (broad SMARTS) is 1. The number of aliphatic hydroxyl groups is 6. The second kappa shape index (κ2) is 104. The maximum Gasteiger partial charge on any atom is 0.327 e. The van der Waals surface area contributed by atoms with Crippen molar-refractivity contribution >= 4 is 5.97 Å². The highest BCUT2D eigenvalue weighted by Crippen LogP contribution is 1.79. The topological polar surface area (TPSA) is 159 Å². The van der Waals surface area contributed by atoms with Gasteiger partial charge in [0.2, 0.25) is 0 Å². The van der Waals surface area contributed by atoms with Crippen LogP contribution in [0.4, 0.5) is 0 Å². The van der Waals surface area contributed by atoms with Gasteiger partial charge in [0.1, 0.15) is 0 Å². The number of aliphatic carboxylic acids is 1. The van der Waals surface area contributed by atoms with Gasteiger partial charge in [0.25, 0.3) is 0 Å². The van der Waals surface area contributed by atoms with Gasteiger partial charge in [0.05, 0.1) is 0 Å². The first-order valence-electron chi connectivity index (χ1n) is 6.96. The molecule has 8 nitrogen and oxygen atoms in total. The van der Waals surface area contributed by atoms with Crippen LogP contribution < -0.4 is 0 Å². The quantitative estimate of drug-likeness (QED) is 0.348. The first-order valence-corrected chi connectivity index (χ1v) is 6.96. The van der Waals surface area contributed by atoms with Crippen LogP contribution in [0.5, 0.6) is 0 Å². The number of aliphatic hydroxyl groups excluding tert-OH is 6. The Hall–Kier alpha value is -1.03. The Balaban J connectivity index is -0.0000000274. The number of rotatable bonds is 5. The van der Waals surface area contributed by atoms with Gasteiger partial charge < -0.3 is 35.7 Å². The normalized spacial score (nSPS) is 6.09. The van der Waals surface area contributed by atoms with Crippen molar-refractivity contribution in [2.45, 2.75) is 39.5 Å². The maximum absolute atomic E-state index is 9.25. The lowest BCUT2D eigenvalue weighted by molar-refractivity contribution is -0.131. The molecule has 0 aliphatic carbocycles. The third-order valence-corrected chi connectivity index (χ3v) is 1.20. The molecule has 0 aliphatic heterocycles. The average Bonchev–Trinajstić information content (AvgIpc) is 2.64. The van der Waals surface area contributed by atoms with E-state index in [2.05, 4.69) is 20.4 Å². The van der Waals surface area contributed by atoms with Gasteiger partial charge in [-0.15, -0.1) is 0 Å². The molecule has 0 aliphatic rings. The minimum absolute atomic E-state index is 0.344. The summed E-state index contributed by atoms with van der Waals surface area (Å²) in [6.45, 7) is 7.75. The first kappa shape index (κ1) is 43.1. The van der Waals surface area contributed by atoms with E-state index < -0.39 is 5.97 Å². The third kappa shape index (κ3) is 306. The SMILES string of the molecule is C=CC(=O)O.CCCCO.CCCCO.CO.CO.CO.CO. The molecule has 0 aromatic rings. The zero-order valence-electron chi connectivity index (χ0n) is 15.6. The fraction of sp³-hybridized carbons (Fsp3) is 0.800. The van der Waals surface area contributed by atoms with E-state index in [1.807, 2.05) is 0 Å². The first-order chi connectivity index (χ1) is 11.1. The molecule has 23 heavy (non-hydrogen) atoms. The van der Waals surface area contributed by atoms with Crippen molar-refractivity contribution in [2.75, 3.05) is 41.7 Å². The number of unbranched alkanes of at least 4 members (excludes halogenated alkanes) is 2. The second-order valence-electron chi connectivity index (χ2n) is 2.70. The van der Waals surface area contributed by atoms with Crippen LogP contribution in [0, 0.1) is 0 Å². The van der Waals surface area contributed by atoms with Crippen LogP contribution in [0.1, 0.15) is 39.5 Å². The Kier molecular flexibility index (Phi) is 195. The number of carboxylic acids is 1. The van der Waals surface area contributed by atoms with Crippen LogP contribution in [0.15, 0.2) is 12.7 Å². The maximum atomic E-state index is 9.25. The van der Waals surface area contributed by atoms with Gasteiger partial charge in [0.15, 0.2) is 0 Å². The van der Waals surface area contributed by atoms with E-state index in [0.29, 0.717) is 13.2 Å². The molecule has 0 aromatic carbocycles. The second-order valence-corrected chi connectivity index (χ2v) is 2.70. The van der Waals surface area contributed by atoms with Crippen molar-refractivity contribution in [2.24, 2.45) is 0 Å². The standard InChI is InChI=1S/2C4H10O.C3H4O2.4CH4O/c2*1-2-3-4-5;1-2-3(4)5;4*1-2/h2*5H,2-4H2,1H3;2H,1H2,(H,4,5);4*2H,1H3. The monoisotopic (exact) mass is 348 g/mol. The molecule has 0 amide bonds. The molecule has 0 atom stereocenters. The Morgan fingerprint density at radius 1 is 0.783 bits per heavy atom. The van der Waals surface area contributed by atoms with Crippen molar-refractivity contribution in [3.05, 3.63) is 12.7 Å². The van der Waals surface area contributed by atoms with Crippen LogP contribution in [0.3, 0.4) is 0 Å². The van der Waals surface area contributed by atoms with Crippen LogP contribution in [-0.4, -0.2) is 83.4 Å². The number of hydrogen-bond acceptors (Lipinski definition) is 7. The summed E-state index contributed by atoms with van der Waals surface area (Å²) in [6, 6.07) is 0. The predicted molar refractivity (Wildman–Crippen MR) is 94.4 cm³/mol. The molecular formula is C15H40O8. The molecule has 0 saturated carbocycles. The summed E-state index contributed by atoms with van der Waals surface area (Å²) >= 11 is 0. The lowest BCUT2D eigenvalue weighted by atomic mass is 10.4. The summed E-state index contributed by atoms with van der Waals surface area (Å²) in [4.78, 5) is 9.25. The van der Waals surface area contributed by atoms with Crippen LogP contribution in [0.2, 0.25) is 0 Å². The van der Waals surface area contributed by atoms with E-state index in [0.717, 1.165) is 60.2 Å². The molecule has 148 valence electrons. The Morgan fingerprint density at radius 2 is 0.957 bits per heavy atom. The van der Waals surface area contributed by atoms with E-state index in [1.54, 1.807) is 0 Å². The smallest absolute Gasteiger partial charge is 0.327 e. The molecule has 0 radical (unpaired) electrons. The summed E-state index contributed by atoms with van der Waals surface area (Å²) in [5.74, 6) is -0.981. The molecule has 7 N–H and O–H groups in total. The predicted octanol–water partition coefficient (Wildman–Crippen LogP) is 0.249. The lowest BCUT2D eigenvalue weighted by Gasteiger charge is -1.79. The van der Waals surface area contributed by atoms with Crippen molar-refractivity contribution in [3.63, 3.8) is 0 Å². The summed E-state index contributed by atoms with van der Waals surface area (Å²) in [5, 5.41) is 51.7. The fourth-order valence-electron chi connectivity index (χ4n) is 0.316. The minimum atomic E-state index is -0.981. The van der Waals surface area contributed by atoms with Gasteiger partial charge >= 0.3 is 5.97 Å². The molecule has 0 aromatic heterocycles. The minimum Gasteiger partial charge on any atom is -0.478 e. The molecule has 0 spiro atoms. The Morgan fingerprint density at radius 3 is 0.957 bits per heavy atom. The molecule has 0 fully saturated rings. The molecule has 0 saturated heterocycles.